The number of benzene rings is 3. The quantitative estimate of drug-likeness (QED) is 0.240. The predicted molar refractivity (Wildman–Crippen MR) is 135 cm³/mol. The largest absolute Gasteiger partial charge is 0.459 e. The number of carbonyl (C=O) groups excluding carboxylic acids is 1. The fourth-order valence-corrected chi connectivity index (χ4v) is 3.93. The number of hydrogen-bond acceptors (Lipinski definition) is 3. The standard InChI is InChI=1S/C29H23N3O2/c1-21-14-16-25(17-15-21)32-26(22-9-4-2-5-10-22)19-24(28(32)23-11-6-3-7-12-23)20-30-31-29(33)27-13-8-18-34-27/h2-20H,1H3,(H,31,33). The Labute approximate surface area is 198 Å². The molecule has 0 radical (unpaired) electrons. The Hall–Kier alpha value is -4.64. The lowest BCUT2D eigenvalue weighted by molar-refractivity contribution is 0.0927. The Morgan fingerprint density at radius 1 is 0.853 bits per heavy atom. The molecule has 0 aliphatic rings. The molecule has 5 aromatic rings. The third-order valence-electron chi connectivity index (χ3n) is 5.55. The zero-order valence-electron chi connectivity index (χ0n) is 18.7. The van der Waals surface area contributed by atoms with Crippen LogP contribution in [-0.2, 0) is 0 Å². The van der Waals surface area contributed by atoms with Gasteiger partial charge >= 0.3 is 5.91 Å². The number of nitrogens with zero attached hydrogens (tertiary/aromatic N) is 2. The van der Waals surface area contributed by atoms with Gasteiger partial charge in [-0.25, -0.2) is 5.43 Å². The van der Waals surface area contributed by atoms with Crippen LogP contribution in [0.25, 0.3) is 28.2 Å². The van der Waals surface area contributed by atoms with Gasteiger partial charge in [0.25, 0.3) is 0 Å². The molecule has 0 atom stereocenters. The molecule has 5 nitrogen and oxygen atoms in total. The van der Waals surface area contributed by atoms with Crippen molar-refractivity contribution in [2.45, 2.75) is 6.92 Å². The number of carbonyl (C=O) groups is 1. The summed E-state index contributed by atoms with van der Waals surface area (Å²) < 4.78 is 7.39. The van der Waals surface area contributed by atoms with Gasteiger partial charge in [0.1, 0.15) is 0 Å². The molecule has 0 saturated carbocycles. The molecule has 5 heteroatoms. The van der Waals surface area contributed by atoms with E-state index in [2.05, 4.69) is 76.6 Å². The highest BCUT2D eigenvalue weighted by Crippen LogP contribution is 2.35. The average Bonchev–Trinajstić information content (AvgIpc) is 3.54. The van der Waals surface area contributed by atoms with E-state index in [1.165, 1.54) is 11.8 Å². The third kappa shape index (κ3) is 4.32. The lowest BCUT2D eigenvalue weighted by Crippen LogP contribution is -2.16. The second-order valence-corrected chi connectivity index (χ2v) is 7.91. The smallest absolute Gasteiger partial charge is 0.307 e. The van der Waals surface area contributed by atoms with Gasteiger partial charge in [0.2, 0.25) is 0 Å². The van der Waals surface area contributed by atoms with Gasteiger partial charge in [-0.2, -0.15) is 5.10 Å². The molecule has 3 aromatic carbocycles. The topological polar surface area (TPSA) is 59.5 Å². The molecule has 0 aliphatic carbocycles. The minimum Gasteiger partial charge on any atom is -0.459 e. The van der Waals surface area contributed by atoms with Crippen LogP contribution < -0.4 is 5.43 Å². The number of aromatic nitrogens is 1. The second kappa shape index (κ2) is 9.46. The molecule has 0 saturated heterocycles. The Morgan fingerprint density at radius 2 is 1.53 bits per heavy atom. The molecule has 166 valence electrons. The first-order chi connectivity index (χ1) is 16.7. The van der Waals surface area contributed by atoms with Crippen molar-refractivity contribution in [1.29, 1.82) is 0 Å². The van der Waals surface area contributed by atoms with Gasteiger partial charge < -0.3 is 8.98 Å². The van der Waals surface area contributed by atoms with Crippen LogP contribution in [0.1, 0.15) is 21.7 Å². The highest BCUT2D eigenvalue weighted by atomic mass is 16.3. The van der Waals surface area contributed by atoms with Crippen LogP contribution in [0.3, 0.4) is 0 Å². The van der Waals surface area contributed by atoms with Crippen LogP contribution in [0, 0.1) is 6.92 Å². The molecule has 0 aliphatic heterocycles. The number of rotatable bonds is 6. The van der Waals surface area contributed by atoms with Crippen LogP contribution >= 0.6 is 0 Å². The minimum absolute atomic E-state index is 0.211. The van der Waals surface area contributed by atoms with E-state index in [0.29, 0.717) is 0 Å². The van der Waals surface area contributed by atoms with E-state index in [1.807, 2.05) is 36.4 Å². The van der Waals surface area contributed by atoms with Crippen molar-refractivity contribution in [1.82, 2.24) is 9.99 Å². The first-order valence-corrected chi connectivity index (χ1v) is 11.0. The molecule has 1 amide bonds. The summed E-state index contributed by atoms with van der Waals surface area (Å²) in [6.07, 6.45) is 3.14. The van der Waals surface area contributed by atoms with Crippen LogP contribution in [-0.4, -0.2) is 16.7 Å². The molecule has 2 heterocycles. The van der Waals surface area contributed by atoms with Crippen molar-refractivity contribution in [2.75, 3.05) is 0 Å². The number of hydrazone groups is 1. The van der Waals surface area contributed by atoms with E-state index < -0.39 is 5.91 Å². The van der Waals surface area contributed by atoms with Gasteiger partial charge in [0.05, 0.1) is 23.9 Å². The number of hydrogen-bond donors (Lipinski definition) is 1. The van der Waals surface area contributed by atoms with Crippen LogP contribution in [0.5, 0.6) is 0 Å². The summed E-state index contributed by atoms with van der Waals surface area (Å²) >= 11 is 0. The summed E-state index contributed by atoms with van der Waals surface area (Å²) in [5, 5.41) is 4.24. The fourth-order valence-electron chi connectivity index (χ4n) is 3.93. The summed E-state index contributed by atoms with van der Waals surface area (Å²) in [5.74, 6) is -0.189. The summed E-state index contributed by atoms with van der Waals surface area (Å²) in [4.78, 5) is 12.3. The maximum Gasteiger partial charge on any atom is 0.307 e. The molecule has 34 heavy (non-hydrogen) atoms. The Balaban J connectivity index is 1.67. The van der Waals surface area contributed by atoms with Crippen molar-refractivity contribution in [3.8, 4) is 28.2 Å². The van der Waals surface area contributed by atoms with Gasteiger partial charge in [-0.05, 0) is 48.4 Å². The van der Waals surface area contributed by atoms with E-state index in [4.69, 9.17) is 4.42 Å². The van der Waals surface area contributed by atoms with Gasteiger partial charge in [-0.3, -0.25) is 4.79 Å². The van der Waals surface area contributed by atoms with Gasteiger partial charge in [-0.15, -0.1) is 0 Å². The molecule has 0 unspecified atom stereocenters. The minimum atomic E-state index is -0.399. The van der Waals surface area contributed by atoms with Gasteiger partial charge in [-0.1, -0.05) is 78.4 Å². The molecule has 0 fully saturated rings. The van der Waals surface area contributed by atoms with E-state index in [1.54, 1.807) is 18.3 Å². The summed E-state index contributed by atoms with van der Waals surface area (Å²) in [6, 6.07) is 34.3. The van der Waals surface area contributed by atoms with E-state index in [-0.39, 0.29) is 5.76 Å². The molecule has 1 N–H and O–H groups in total. The number of aryl methyl sites for hydroxylation is 1. The van der Waals surface area contributed by atoms with Crippen LogP contribution in [0.15, 0.2) is 119 Å². The first kappa shape index (κ1) is 21.2. The average molecular weight is 446 g/mol. The first-order valence-electron chi connectivity index (χ1n) is 11.0. The van der Waals surface area contributed by atoms with Crippen LogP contribution in [0.4, 0.5) is 0 Å². The van der Waals surface area contributed by atoms with Crippen molar-refractivity contribution in [2.24, 2.45) is 5.10 Å². The molecular formula is C29H23N3O2. The highest BCUT2D eigenvalue weighted by molar-refractivity contribution is 5.95. The van der Waals surface area contributed by atoms with Crippen molar-refractivity contribution < 1.29 is 9.21 Å². The molecular weight excluding hydrogens is 422 g/mol. The highest BCUT2D eigenvalue weighted by Gasteiger charge is 2.18. The second-order valence-electron chi connectivity index (χ2n) is 7.91. The van der Waals surface area contributed by atoms with Crippen molar-refractivity contribution >= 4 is 12.1 Å². The lowest BCUT2D eigenvalue weighted by Gasteiger charge is -2.15. The number of nitrogens with one attached hydrogen (secondary N) is 1. The van der Waals surface area contributed by atoms with Gasteiger partial charge in [0.15, 0.2) is 5.76 Å². The van der Waals surface area contributed by atoms with E-state index in [0.717, 1.165) is 33.8 Å². The van der Waals surface area contributed by atoms with Crippen LogP contribution in [0.2, 0.25) is 0 Å². The Bertz CT molecular complexity index is 1420. The van der Waals surface area contributed by atoms with E-state index >= 15 is 0 Å². The summed E-state index contributed by atoms with van der Waals surface area (Å²) in [5.41, 5.74) is 9.82. The molecule has 0 spiro atoms. The lowest BCUT2D eigenvalue weighted by atomic mass is 10.1. The number of amides is 1. The van der Waals surface area contributed by atoms with Gasteiger partial charge in [0, 0.05) is 11.3 Å². The normalized spacial score (nSPS) is 11.1. The SMILES string of the molecule is Cc1ccc(-n2c(-c3ccccc3)cc(C=NNC(=O)c3ccco3)c2-c2ccccc2)cc1. The summed E-state index contributed by atoms with van der Waals surface area (Å²) in [6.45, 7) is 2.08. The Morgan fingerprint density at radius 3 is 2.18 bits per heavy atom. The maximum atomic E-state index is 12.3. The van der Waals surface area contributed by atoms with Crippen molar-refractivity contribution in [3.05, 3.63) is 126 Å². The zero-order valence-corrected chi connectivity index (χ0v) is 18.7. The maximum absolute atomic E-state index is 12.3. The third-order valence-corrected chi connectivity index (χ3v) is 5.55. The predicted octanol–water partition coefficient (Wildman–Crippen LogP) is 6.48. The zero-order chi connectivity index (χ0) is 23.3. The summed E-state index contributed by atoms with van der Waals surface area (Å²) in [7, 11) is 0. The fraction of sp³-hybridized carbons (Fsp3) is 0.0345. The molecule has 0 bridgehead atoms. The molecule has 2 aromatic heterocycles. The Kier molecular flexibility index (Phi) is 5.91. The number of furan rings is 1. The van der Waals surface area contributed by atoms with E-state index in [9.17, 15) is 4.79 Å². The monoisotopic (exact) mass is 445 g/mol. The molecule has 5 rings (SSSR count). The van der Waals surface area contributed by atoms with Crippen molar-refractivity contribution in [3.63, 3.8) is 0 Å².